The Bertz CT molecular complexity index is 1060. The predicted molar refractivity (Wildman–Crippen MR) is 137 cm³/mol. The Hall–Kier alpha value is -2.98. The first kappa shape index (κ1) is 27.3. The largest absolute Gasteiger partial charge is 0.497 e. The fraction of sp³-hybridized carbons (Fsp3) is 0.458. The van der Waals surface area contributed by atoms with Crippen molar-refractivity contribution in [1.29, 1.82) is 0 Å². The summed E-state index contributed by atoms with van der Waals surface area (Å²) < 4.78 is 37.9. The van der Waals surface area contributed by atoms with Crippen LogP contribution in [-0.2, 0) is 14.8 Å². The van der Waals surface area contributed by atoms with Crippen molar-refractivity contribution < 1.29 is 22.7 Å². The van der Waals surface area contributed by atoms with Crippen LogP contribution in [0.5, 0.6) is 11.5 Å². The second kappa shape index (κ2) is 13.0. The number of hydrogen-bond acceptors (Lipinski definition) is 7. The summed E-state index contributed by atoms with van der Waals surface area (Å²) in [6.45, 7) is 7.12. The van der Waals surface area contributed by atoms with Gasteiger partial charge in [-0.1, -0.05) is 27.2 Å². The zero-order chi connectivity index (χ0) is 25.1. The van der Waals surface area contributed by atoms with E-state index in [0.717, 1.165) is 25.1 Å². The Labute approximate surface area is 202 Å². The molecule has 0 aromatic heterocycles. The number of sulfonamides is 1. The topological polar surface area (TPSA) is 109 Å². The highest BCUT2D eigenvalue weighted by Gasteiger charge is 2.23. The standard InChI is InChI=1S/C24H36N4O5S/c1-6-9-14-25-20-12-11-19(34(30,31)28(7-2)8-3)16-21(20)26-17-24(29)27-22-15-18(32-4)10-13-23(22)33-5/h10-13,15-16,25-26H,6-9,14,17H2,1-5H3,(H,27,29). The van der Waals surface area contributed by atoms with E-state index >= 15 is 0 Å². The smallest absolute Gasteiger partial charge is 0.243 e. The molecule has 0 unspecified atom stereocenters. The van der Waals surface area contributed by atoms with E-state index < -0.39 is 10.0 Å². The van der Waals surface area contributed by atoms with Crippen LogP contribution in [0.1, 0.15) is 33.6 Å². The number of hydrogen-bond donors (Lipinski definition) is 3. The lowest BCUT2D eigenvalue weighted by molar-refractivity contribution is -0.114. The highest BCUT2D eigenvalue weighted by atomic mass is 32.2. The van der Waals surface area contributed by atoms with Crippen molar-refractivity contribution in [3.63, 3.8) is 0 Å². The van der Waals surface area contributed by atoms with Crippen molar-refractivity contribution in [1.82, 2.24) is 4.31 Å². The van der Waals surface area contributed by atoms with Gasteiger partial charge in [-0.05, 0) is 36.8 Å². The molecule has 9 nitrogen and oxygen atoms in total. The van der Waals surface area contributed by atoms with Crippen LogP contribution in [0.3, 0.4) is 0 Å². The van der Waals surface area contributed by atoms with Gasteiger partial charge >= 0.3 is 0 Å². The van der Waals surface area contributed by atoms with Gasteiger partial charge in [0.2, 0.25) is 15.9 Å². The zero-order valence-electron chi connectivity index (χ0n) is 20.6. The molecule has 34 heavy (non-hydrogen) atoms. The number of ether oxygens (including phenoxy) is 2. The summed E-state index contributed by atoms with van der Waals surface area (Å²) in [7, 11) is -0.572. The number of nitrogens with one attached hydrogen (secondary N) is 3. The maximum atomic E-state index is 13.0. The molecule has 3 N–H and O–H groups in total. The van der Waals surface area contributed by atoms with Gasteiger partial charge in [-0.3, -0.25) is 4.79 Å². The van der Waals surface area contributed by atoms with E-state index in [2.05, 4.69) is 22.9 Å². The number of carbonyl (C=O) groups is 1. The number of benzene rings is 2. The van der Waals surface area contributed by atoms with Crippen molar-refractivity contribution in [2.75, 3.05) is 56.3 Å². The first-order chi connectivity index (χ1) is 16.3. The third-order valence-electron chi connectivity index (χ3n) is 5.30. The first-order valence-corrected chi connectivity index (χ1v) is 12.9. The van der Waals surface area contributed by atoms with Gasteiger partial charge in [0.05, 0.1) is 42.7 Å². The van der Waals surface area contributed by atoms with E-state index in [4.69, 9.17) is 9.47 Å². The van der Waals surface area contributed by atoms with Crippen molar-refractivity contribution in [3.8, 4) is 11.5 Å². The molecule has 0 saturated heterocycles. The molecule has 2 aromatic rings. The minimum absolute atomic E-state index is 0.0718. The molecule has 0 aliphatic rings. The Morgan fingerprint density at radius 2 is 1.65 bits per heavy atom. The monoisotopic (exact) mass is 492 g/mol. The van der Waals surface area contributed by atoms with E-state index in [0.29, 0.717) is 36.0 Å². The van der Waals surface area contributed by atoms with Crippen LogP contribution in [0.25, 0.3) is 0 Å². The van der Waals surface area contributed by atoms with Crippen LogP contribution in [0.2, 0.25) is 0 Å². The van der Waals surface area contributed by atoms with Crippen molar-refractivity contribution in [3.05, 3.63) is 36.4 Å². The summed E-state index contributed by atoms with van der Waals surface area (Å²) in [6, 6.07) is 10.0. The Morgan fingerprint density at radius 1 is 0.912 bits per heavy atom. The van der Waals surface area contributed by atoms with Crippen LogP contribution in [0.15, 0.2) is 41.3 Å². The molecule has 0 aliphatic heterocycles. The van der Waals surface area contributed by atoms with Crippen molar-refractivity contribution >= 4 is 33.0 Å². The molecular weight excluding hydrogens is 456 g/mol. The van der Waals surface area contributed by atoms with Crippen LogP contribution in [-0.4, -0.2) is 59.0 Å². The summed E-state index contributed by atoms with van der Waals surface area (Å²) in [4.78, 5) is 12.9. The molecule has 0 atom stereocenters. The highest BCUT2D eigenvalue weighted by molar-refractivity contribution is 7.89. The van der Waals surface area contributed by atoms with Crippen LogP contribution < -0.4 is 25.4 Å². The number of nitrogens with zero attached hydrogens (tertiary/aromatic N) is 1. The second-order valence-corrected chi connectivity index (χ2v) is 9.48. The molecule has 10 heteroatoms. The number of carbonyl (C=O) groups excluding carboxylic acids is 1. The molecule has 2 rings (SSSR count). The number of rotatable bonds is 14. The lowest BCUT2D eigenvalue weighted by atomic mass is 10.2. The van der Waals surface area contributed by atoms with Crippen molar-refractivity contribution in [2.24, 2.45) is 0 Å². The van der Waals surface area contributed by atoms with E-state index in [9.17, 15) is 13.2 Å². The van der Waals surface area contributed by atoms with Crippen LogP contribution in [0.4, 0.5) is 17.1 Å². The fourth-order valence-electron chi connectivity index (χ4n) is 3.38. The molecule has 188 valence electrons. The van der Waals surface area contributed by atoms with Crippen molar-refractivity contribution in [2.45, 2.75) is 38.5 Å². The fourth-order valence-corrected chi connectivity index (χ4v) is 4.86. The Morgan fingerprint density at radius 3 is 2.26 bits per heavy atom. The molecule has 0 saturated carbocycles. The van der Waals surface area contributed by atoms with Gasteiger partial charge < -0.3 is 25.4 Å². The van der Waals surface area contributed by atoms with E-state index in [1.165, 1.54) is 11.4 Å². The molecule has 2 aromatic carbocycles. The number of unbranched alkanes of at least 4 members (excludes halogenated alkanes) is 1. The van der Waals surface area contributed by atoms with Crippen LogP contribution >= 0.6 is 0 Å². The highest BCUT2D eigenvalue weighted by Crippen LogP contribution is 2.30. The Balaban J connectivity index is 2.25. The van der Waals surface area contributed by atoms with Gasteiger partial charge in [0, 0.05) is 25.7 Å². The van der Waals surface area contributed by atoms with Gasteiger partial charge in [-0.25, -0.2) is 8.42 Å². The van der Waals surface area contributed by atoms with Gasteiger partial charge in [0.15, 0.2) is 0 Å². The molecule has 0 aliphatic carbocycles. The van der Waals surface area contributed by atoms with E-state index in [1.807, 2.05) is 0 Å². The summed E-state index contributed by atoms with van der Waals surface area (Å²) >= 11 is 0. The molecule has 0 bridgehead atoms. The minimum atomic E-state index is -3.63. The number of amides is 1. The third-order valence-corrected chi connectivity index (χ3v) is 7.35. The molecular formula is C24H36N4O5S. The quantitative estimate of drug-likeness (QED) is 0.342. The summed E-state index contributed by atoms with van der Waals surface area (Å²) in [5, 5.41) is 9.21. The van der Waals surface area contributed by atoms with E-state index in [1.54, 1.807) is 57.4 Å². The number of anilines is 3. The van der Waals surface area contributed by atoms with Crippen LogP contribution in [0, 0.1) is 0 Å². The average Bonchev–Trinajstić information content (AvgIpc) is 2.83. The lowest BCUT2D eigenvalue weighted by Crippen LogP contribution is -2.30. The maximum Gasteiger partial charge on any atom is 0.243 e. The molecule has 0 fully saturated rings. The van der Waals surface area contributed by atoms with Gasteiger partial charge in [-0.2, -0.15) is 4.31 Å². The van der Waals surface area contributed by atoms with E-state index in [-0.39, 0.29) is 17.3 Å². The predicted octanol–water partition coefficient (Wildman–Crippen LogP) is 4.00. The molecule has 1 amide bonds. The van der Waals surface area contributed by atoms with Gasteiger partial charge in [0.25, 0.3) is 0 Å². The Kier molecular flexibility index (Phi) is 10.5. The SMILES string of the molecule is CCCCNc1ccc(S(=O)(=O)N(CC)CC)cc1NCC(=O)Nc1cc(OC)ccc1OC. The third kappa shape index (κ3) is 7.01. The second-order valence-electron chi connectivity index (χ2n) is 7.54. The van der Waals surface area contributed by atoms with Gasteiger partial charge in [0.1, 0.15) is 11.5 Å². The zero-order valence-corrected chi connectivity index (χ0v) is 21.4. The normalized spacial score (nSPS) is 11.2. The first-order valence-electron chi connectivity index (χ1n) is 11.4. The maximum absolute atomic E-state index is 13.0. The molecule has 0 heterocycles. The summed E-state index contributed by atoms with van der Waals surface area (Å²) in [6.07, 6.45) is 1.99. The molecule has 0 spiro atoms. The van der Waals surface area contributed by atoms with Gasteiger partial charge in [-0.15, -0.1) is 0 Å². The minimum Gasteiger partial charge on any atom is -0.497 e. The lowest BCUT2D eigenvalue weighted by Gasteiger charge is -2.20. The number of methoxy groups -OCH3 is 2. The summed E-state index contributed by atoms with van der Waals surface area (Å²) in [5.41, 5.74) is 1.75. The summed E-state index contributed by atoms with van der Waals surface area (Å²) in [5.74, 6) is 0.771. The molecule has 0 radical (unpaired) electrons. The average molecular weight is 493 g/mol.